The number of carboxylic acids is 1. The van der Waals surface area contributed by atoms with Crippen LogP contribution < -0.4 is 4.74 Å². The lowest BCUT2D eigenvalue weighted by atomic mass is 10.2. The molecule has 0 bridgehead atoms. The molecule has 0 radical (unpaired) electrons. The average molecular weight is 319 g/mol. The number of benzene rings is 1. The van der Waals surface area contributed by atoms with E-state index < -0.39 is 5.97 Å². The molecule has 0 unspecified atom stereocenters. The minimum atomic E-state index is -1.17. The standard InChI is InChI=1S/C12H6Cl3NO3/c13-7-2-1-3-8(10(7)15)19-11-9(14)6(12(17)18)4-5-16-11/h1-5H,(H,17,18). The van der Waals surface area contributed by atoms with E-state index in [1.165, 1.54) is 12.3 Å². The molecule has 0 aliphatic heterocycles. The number of halogens is 3. The number of rotatable bonds is 3. The molecule has 2 aromatic rings. The van der Waals surface area contributed by atoms with Crippen LogP contribution in [0.5, 0.6) is 11.6 Å². The summed E-state index contributed by atoms with van der Waals surface area (Å²) in [5.74, 6) is -0.980. The van der Waals surface area contributed by atoms with Crippen LogP contribution in [0.4, 0.5) is 0 Å². The third kappa shape index (κ3) is 2.92. The summed E-state index contributed by atoms with van der Waals surface area (Å²) in [6.07, 6.45) is 1.28. The van der Waals surface area contributed by atoms with Crippen molar-refractivity contribution in [2.45, 2.75) is 0 Å². The Morgan fingerprint density at radius 1 is 1.16 bits per heavy atom. The van der Waals surface area contributed by atoms with Gasteiger partial charge in [0.25, 0.3) is 0 Å². The molecule has 2 rings (SSSR count). The maximum Gasteiger partial charge on any atom is 0.337 e. The van der Waals surface area contributed by atoms with Gasteiger partial charge in [0, 0.05) is 6.20 Å². The summed E-state index contributed by atoms with van der Waals surface area (Å²) in [6.45, 7) is 0. The second-order valence-electron chi connectivity index (χ2n) is 3.44. The van der Waals surface area contributed by atoms with Gasteiger partial charge in [-0.2, -0.15) is 0 Å². The minimum absolute atomic E-state index is 0.0502. The van der Waals surface area contributed by atoms with Gasteiger partial charge in [-0.05, 0) is 18.2 Å². The maximum atomic E-state index is 10.9. The highest BCUT2D eigenvalue weighted by molar-refractivity contribution is 6.43. The van der Waals surface area contributed by atoms with Gasteiger partial charge in [0.15, 0.2) is 0 Å². The summed E-state index contributed by atoms with van der Waals surface area (Å²) < 4.78 is 5.39. The monoisotopic (exact) mass is 317 g/mol. The third-order valence-corrected chi connectivity index (χ3v) is 3.38. The second kappa shape index (κ2) is 5.65. The first-order valence-corrected chi connectivity index (χ1v) is 6.13. The second-order valence-corrected chi connectivity index (χ2v) is 4.60. The highest BCUT2D eigenvalue weighted by Gasteiger charge is 2.16. The van der Waals surface area contributed by atoms with Crippen molar-refractivity contribution in [2.75, 3.05) is 0 Å². The molecule has 0 fully saturated rings. The van der Waals surface area contributed by atoms with Crippen LogP contribution in [0.3, 0.4) is 0 Å². The van der Waals surface area contributed by atoms with Crippen LogP contribution in [0.2, 0.25) is 15.1 Å². The van der Waals surface area contributed by atoms with Gasteiger partial charge in [-0.1, -0.05) is 40.9 Å². The van der Waals surface area contributed by atoms with E-state index in [9.17, 15) is 4.79 Å². The Kier molecular flexibility index (Phi) is 4.14. The zero-order valence-corrected chi connectivity index (χ0v) is 11.5. The first kappa shape index (κ1) is 13.9. The fourth-order valence-corrected chi connectivity index (χ4v) is 1.89. The van der Waals surface area contributed by atoms with E-state index in [4.69, 9.17) is 44.6 Å². The van der Waals surface area contributed by atoms with E-state index in [0.717, 1.165) is 0 Å². The first-order valence-electron chi connectivity index (χ1n) is 5.00. The van der Waals surface area contributed by atoms with Crippen molar-refractivity contribution in [3.05, 3.63) is 51.1 Å². The predicted octanol–water partition coefficient (Wildman–Crippen LogP) is 4.53. The van der Waals surface area contributed by atoms with Crippen molar-refractivity contribution in [3.63, 3.8) is 0 Å². The SMILES string of the molecule is O=C(O)c1ccnc(Oc2cccc(Cl)c2Cl)c1Cl. The van der Waals surface area contributed by atoms with Crippen molar-refractivity contribution in [2.24, 2.45) is 0 Å². The number of carboxylic acid groups (broad SMARTS) is 1. The van der Waals surface area contributed by atoms with Crippen LogP contribution in [0.1, 0.15) is 10.4 Å². The zero-order chi connectivity index (χ0) is 14.0. The number of aromatic carboxylic acids is 1. The fourth-order valence-electron chi connectivity index (χ4n) is 1.33. The molecule has 19 heavy (non-hydrogen) atoms. The number of nitrogens with zero attached hydrogens (tertiary/aromatic N) is 1. The summed E-state index contributed by atoms with van der Waals surface area (Å²) in [7, 11) is 0. The van der Waals surface area contributed by atoms with Gasteiger partial charge in [-0.15, -0.1) is 0 Å². The molecule has 1 N–H and O–H groups in total. The molecule has 98 valence electrons. The Balaban J connectivity index is 2.42. The Morgan fingerprint density at radius 2 is 1.89 bits per heavy atom. The molecule has 0 saturated heterocycles. The van der Waals surface area contributed by atoms with Gasteiger partial charge in [0.1, 0.15) is 15.8 Å². The van der Waals surface area contributed by atoms with Crippen LogP contribution in [0, 0.1) is 0 Å². The summed E-state index contributed by atoms with van der Waals surface area (Å²) in [5, 5.41) is 9.34. The summed E-state index contributed by atoms with van der Waals surface area (Å²) in [6, 6.07) is 6.08. The lowest BCUT2D eigenvalue weighted by Gasteiger charge is -2.09. The lowest BCUT2D eigenvalue weighted by molar-refractivity contribution is 0.0696. The quantitative estimate of drug-likeness (QED) is 0.903. The normalized spacial score (nSPS) is 10.3. The van der Waals surface area contributed by atoms with E-state index in [1.807, 2.05) is 0 Å². The number of pyridine rings is 1. The molecule has 1 aromatic heterocycles. The van der Waals surface area contributed by atoms with Crippen molar-refractivity contribution in [1.82, 2.24) is 4.98 Å². The van der Waals surface area contributed by atoms with Gasteiger partial charge >= 0.3 is 5.97 Å². The summed E-state index contributed by atoms with van der Waals surface area (Å²) in [5.41, 5.74) is -0.107. The van der Waals surface area contributed by atoms with Crippen molar-refractivity contribution >= 4 is 40.8 Å². The fraction of sp³-hybridized carbons (Fsp3) is 0. The van der Waals surface area contributed by atoms with Crippen LogP contribution in [0.15, 0.2) is 30.5 Å². The molecule has 0 atom stereocenters. The number of hydrogen-bond acceptors (Lipinski definition) is 3. The molecule has 1 heterocycles. The number of hydrogen-bond donors (Lipinski definition) is 1. The molecule has 7 heteroatoms. The van der Waals surface area contributed by atoms with Crippen LogP contribution >= 0.6 is 34.8 Å². The van der Waals surface area contributed by atoms with Gasteiger partial charge in [0.2, 0.25) is 5.88 Å². The molecule has 0 aliphatic carbocycles. The minimum Gasteiger partial charge on any atom is -0.478 e. The largest absolute Gasteiger partial charge is 0.478 e. The Labute approximate surface area is 123 Å². The van der Waals surface area contributed by atoms with Crippen LogP contribution in [0.25, 0.3) is 0 Å². The van der Waals surface area contributed by atoms with Crippen LogP contribution in [-0.4, -0.2) is 16.1 Å². The third-order valence-electron chi connectivity index (χ3n) is 2.21. The van der Waals surface area contributed by atoms with Gasteiger partial charge < -0.3 is 9.84 Å². The van der Waals surface area contributed by atoms with E-state index in [-0.39, 0.29) is 27.2 Å². The van der Waals surface area contributed by atoms with E-state index >= 15 is 0 Å². The van der Waals surface area contributed by atoms with E-state index in [2.05, 4.69) is 4.98 Å². The van der Waals surface area contributed by atoms with Gasteiger partial charge in [-0.25, -0.2) is 9.78 Å². The number of ether oxygens (including phenoxy) is 1. The first-order chi connectivity index (χ1) is 9.00. The zero-order valence-electron chi connectivity index (χ0n) is 9.23. The topological polar surface area (TPSA) is 59.4 Å². The van der Waals surface area contributed by atoms with E-state index in [0.29, 0.717) is 5.02 Å². The average Bonchev–Trinajstić information content (AvgIpc) is 2.37. The Hall–Kier alpha value is -1.49. The molecular weight excluding hydrogens is 312 g/mol. The van der Waals surface area contributed by atoms with Crippen LogP contribution in [-0.2, 0) is 0 Å². The van der Waals surface area contributed by atoms with Crippen molar-refractivity contribution in [3.8, 4) is 11.6 Å². The Bertz CT molecular complexity index is 646. The number of carbonyl (C=O) groups is 1. The highest BCUT2D eigenvalue weighted by atomic mass is 35.5. The molecule has 0 aliphatic rings. The molecule has 1 aromatic carbocycles. The van der Waals surface area contributed by atoms with Gasteiger partial charge in [-0.3, -0.25) is 0 Å². The molecule has 0 saturated carbocycles. The molecule has 4 nitrogen and oxygen atoms in total. The molecule has 0 spiro atoms. The highest BCUT2D eigenvalue weighted by Crippen LogP contribution is 2.36. The predicted molar refractivity (Wildman–Crippen MR) is 72.7 cm³/mol. The van der Waals surface area contributed by atoms with Crippen molar-refractivity contribution < 1.29 is 14.6 Å². The Morgan fingerprint density at radius 3 is 2.58 bits per heavy atom. The molecule has 0 amide bonds. The maximum absolute atomic E-state index is 10.9. The number of aromatic nitrogens is 1. The summed E-state index contributed by atoms with van der Waals surface area (Å²) >= 11 is 17.7. The summed E-state index contributed by atoms with van der Waals surface area (Å²) in [4.78, 5) is 14.8. The lowest BCUT2D eigenvalue weighted by Crippen LogP contribution is -2.00. The smallest absolute Gasteiger partial charge is 0.337 e. The molecular formula is C12H6Cl3NO3. The van der Waals surface area contributed by atoms with Gasteiger partial charge in [0.05, 0.1) is 10.6 Å². The van der Waals surface area contributed by atoms with E-state index in [1.54, 1.807) is 18.2 Å². The van der Waals surface area contributed by atoms with Crippen molar-refractivity contribution in [1.29, 1.82) is 0 Å².